The number of ether oxygens (including phenoxy) is 1. The number of carbonyl (C=O) groups excluding carboxylic acids is 1. The lowest BCUT2D eigenvalue weighted by Crippen LogP contribution is -2.24. The number of nitrogens with one attached hydrogen (secondary N) is 1. The Labute approximate surface area is 147 Å². The molecular formula is C21H22N2O2. The van der Waals surface area contributed by atoms with Crippen molar-refractivity contribution in [1.82, 2.24) is 10.3 Å². The van der Waals surface area contributed by atoms with Crippen LogP contribution in [-0.4, -0.2) is 24.0 Å². The number of hydrogen-bond donors (Lipinski definition) is 1. The van der Waals surface area contributed by atoms with Crippen molar-refractivity contribution in [3.63, 3.8) is 0 Å². The van der Waals surface area contributed by atoms with Crippen molar-refractivity contribution < 1.29 is 9.53 Å². The summed E-state index contributed by atoms with van der Waals surface area (Å²) in [6, 6.07) is 17.3. The molecule has 1 heterocycles. The van der Waals surface area contributed by atoms with Crippen molar-refractivity contribution in [2.24, 2.45) is 0 Å². The third kappa shape index (κ3) is 3.63. The van der Waals surface area contributed by atoms with E-state index in [-0.39, 0.29) is 5.91 Å². The van der Waals surface area contributed by atoms with Gasteiger partial charge in [0.1, 0.15) is 5.75 Å². The molecule has 25 heavy (non-hydrogen) atoms. The van der Waals surface area contributed by atoms with Crippen LogP contribution in [0.5, 0.6) is 5.75 Å². The Balaban J connectivity index is 2.16. The van der Waals surface area contributed by atoms with E-state index in [4.69, 9.17) is 9.72 Å². The molecule has 0 atom stereocenters. The largest absolute Gasteiger partial charge is 0.493 e. The molecule has 0 fully saturated rings. The van der Waals surface area contributed by atoms with Gasteiger partial charge in [0.05, 0.1) is 23.4 Å². The lowest BCUT2D eigenvalue weighted by Gasteiger charge is -2.13. The number of amides is 1. The van der Waals surface area contributed by atoms with Gasteiger partial charge in [-0.05, 0) is 37.6 Å². The van der Waals surface area contributed by atoms with Gasteiger partial charge < -0.3 is 10.1 Å². The molecule has 128 valence electrons. The lowest BCUT2D eigenvalue weighted by atomic mass is 10.0. The summed E-state index contributed by atoms with van der Waals surface area (Å²) in [7, 11) is 0. The van der Waals surface area contributed by atoms with Gasteiger partial charge in [-0.1, -0.05) is 37.3 Å². The van der Waals surface area contributed by atoms with Gasteiger partial charge in [-0.25, -0.2) is 4.98 Å². The highest BCUT2D eigenvalue weighted by molar-refractivity contribution is 6.07. The van der Waals surface area contributed by atoms with Crippen LogP contribution in [0, 0.1) is 0 Å². The van der Waals surface area contributed by atoms with Crippen LogP contribution in [0.1, 0.15) is 30.6 Å². The minimum Gasteiger partial charge on any atom is -0.493 e. The van der Waals surface area contributed by atoms with Crippen LogP contribution >= 0.6 is 0 Å². The maximum absolute atomic E-state index is 12.6. The zero-order chi connectivity index (χ0) is 17.6. The van der Waals surface area contributed by atoms with Crippen LogP contribution in [0.4, 0.5) is 0 Å². The van der Waals surface area contributed by atoms with Crippen molar-refractivity contribution >= 4 is 16.8 Å². The molecule has 4 nitrogen and oxygen atoms in total. The first kappa shape index (κ1) is 17.0. The molecule has 0 saturated carbocycles. The molecule has 0 aliphatic heterocycles. The van der Waals surface area contributed by atoms with Gasteiger partial charge in [-0.3, -0.25) is 4.79 Å². The molecule has 1 amide bonds. The molecule has 0 saturated heterocycles. The predicted octanol–water partition coefficient (Wildman–Crippen LogP) is 4.44. The summed E-state index contributed by atoms with van der Waals surface area (Å²) < 4.78 is 5.73. The van der Waals surface area contributed by atoms with Gasteiger partial charge in [0.25, 0.3) is 5.91 Å². The number of rotatable bonds is 6. The molecule has 1 N–H and O–H groups in total. The zero-order valence-electron chi connectivity index (χ0n) is 14.6. The maximum Gasteiger partial charge on any atom is 0.252 e. The average Bonchev–Trinajstić information content (AvgIpc) is 2.66. The molecule has 0 unspecified atom stereocenters. The summed E-state index contributed by atoms with van der Waals surface area (Å²) in [4.78, 5) is 17.4. The highest BCUT2D eigenvalue weighted by atomic mass is 16.5. The molecule has 0 aliphatic carbocycles. The van der Waals surface area contributed by atoms with Crippen LogP contribution in [-0.2, 0) is 0 Å². The number of nitrogens with zero attached hydrogens (tertiary/aromatic N) is 1. The van der Waals surface area contributed by atoms with E-state index in [0.29, 0.717) is 18.7 Å². The van der Waals surface area contributed by atoms with Crippen molar-refractivity contribution in [2.45, 2.75) is 20.3 Å². The third-order valence-electron chi connectivity index (χ3n) is 3.96. The summed E-state index contributed by atoms with van der Waals surface area (Å²) in [5.74, 6) is 0.697. The van der Waals surface area contributed by atoms with Gasteiger partial charge in [-0.2, -0.15) is 0 Å². The predicted molar refractivity (Wildman–Crippen MR) is 101 cm³/mol. The monoisotopic (exact) mass is 334 g/mol. The van der Waals surface area contributed by atoms with Crippen LogP contribution in [0.15, 0.2) is 54.6 Å². The Hall–Kier alpha value is -2.88. The van der Waals surface area contributed by atoms with Gasteiger partial charge in [0.2, 0.25) is 0 Å². The van der Waals surface area contributed by atoms with Crippen molar-refractivity contribution in [1.29, 1.82) is 0 Å². The van der Waals surface area contributed by atoms with E-state index in [1.807, 2.05) is 68.4 Å². The summed E-state index contributed by atoms with van der Waals surface area (Å²) in [5, 5.41) is 3.82. The highest BCUT2D eigenvalue weighted by Crippen LogP contribution is 2.31. The summed E-state index contributed by atoms with van der Waals surface area (Å²) in [6.07, 6.45) is 0.898. The number of aromatic nitrogens is 1. The Kier molecular flexibility index (Phi) is 5.29. The smallest absolute Gasteiger partial charge is 0.252 e. The first-order valence-corrected chi connectivity index (χ1v) is 8.64. The van der Waals surface area contributed by atoms with Crippen LogP contribution < -0.4 is 10.1 Å². The van der Waals surface area contributed by atoms with Gasteiger partial charge >= 0.3 is 0 Å². The number of carbonyl (C=O) groups is 1. The minimum absolute atomic E-state index is 0.0735. The summed E-state index contributed by atoms with van der Waals surface area (Å²) in [6.45, 7) is 5.22. The number of fused-ring (bicyclic) bond motifs is 1. The van der Waals surface area contributed by atoms with Gasteiger partial charge in [0.15, 0.2) is 0 Å². The zero-order valence-corrected chi connectivity index (χ0v) is 14.6. The fraction of sp³-hybridized carbons (Fsp3) is 0.238. The normalized spacial score (nSPS) is 10.6. The highest BCUT2D eigenvalue weighted by Gasteiger charge is 2.15. The second-order valence-corrected chi connectivity index (χ2v) is 5.76. The van der Waals surface area contributed by atoms with E-state index in [0.717, 1.165) is 34.3 Å². The second kappa shape index (κ2) is 7.79. The molecule has 0 radical (unpaired) electrons. The molecule has 0 aliphatic rings. The quantitative estimate of drug-likeness (QED) is 0.725. The van der Waals surface area contributed by atoms with E-state index >= 15 is 0 Å². The van der Waals surface area contributed by atoms with Gasteiger partial charge in [0, 0.05) is 17.5 Å². The molecule has 3 rings (SSSR count). The summed E-state index contributed by atoms with van der Waals surface area (Å²) >= 11 is 0. The van der Waals surface area contributed by atoms with E-state index in [1.165, 1.54) is 0 Å². The van der Waals surface area contributed by atoms with Crippen molar-refractivity contribution in [3.05, 3.63) is 60.2 Å². The van der Waals surface area contributed by atoms with Crippen molar-refractivity contribution in [3.8, 4) is 17.0 Å². The molecule has 4 heteroatoms. The second-order valence-electron chi connectivity index (χ2n) is 5.76. The van der Waals surface area contributed by atoms with E-state index in [9.17, 15) is 4.79 Å². The number of hydrogen-bond acceptors (Lipinski definition) is 3. The van der Waals surface area contributed by atoms with Gasteiger partial charge in [-0.15, -0.1) is 0 Å². The Morgan fingerprint density at radius 3 is 2.64 bits per heavy atom. The van der Waals surface area contributed by atoms with Crippen molar-refractivity contribution in [2.75, 3.05) is 13.2 Å². The SMILES string of the molecule is CCCNC(=O)c1cc(-c2ccccc2OCC)nc2ccccc12. The Morgan fingerprint density at radius 2 is 1.84 bits per heavy atom. The Morgan fingerprint density at radius 1 is 1.08 bits per heavy atom. The topological polar surface area (TPSA) is 51.2 Å². The molecule has 0 bridgehead atoms. The average molecular weight is 334 g/mol. The first-order valence-electron chi connectivity index (χ1n) is 8.64. The number of pyridine rings is 1. The fourth-order valence-electron chi connectivity index (χ4n) is 2.79. The minimum atomic E-state index is -0.0735. The molecule has 1 aromatic heterocycles. The molecule has 0 spiro atoms. The molecule has 2 aromatic carbocycles. The van der Waals surface area contributed by atoms with E-state index in [2.05, 4.69) is 5.32 Å². The number of para-hydroxylation sites is 2. The summed E-state index contributed by atoms with van der Waals surface area (Å²) in [5.41, 5.74) is 3.07. The molecule has 3 aromatic rings. The van der Waals surface area contributed by atoms with Crippen LogP contribution in [0.2, 0.25) is 0 Å². The third-order valence-corrected chi connectivity index (χ3v) is 3.96. The number of benzene rings is 2. The lowest BCUT2D eigenvalue weighted by molar-refractivity contribution is 0.0955. The standard InChI is InChI=1S/C21H22N2O2/c1-3-13-22-21(24)17-14-19(23-18-11-7-5-9-15(17)18)16-10-6-8-12-20(16)25-4-2/h5-12,14H,3-4,13H2,1-2H3,(H,22,24). The van der Waals surface area contributed by atoms with E-state index in [1.54, 1.807) is 0 Å². The van der Waals surface area contributed by atoms with Crippen LogP contribution in [0.25, 0.3) is 22.2 Å². The maximum atomic E-state index is 12.6. The Bertz CT molecular complexity index is 890. The van der Waals surface area contributed by atoms with E-state index < -0.39 is 0 Å². The molecular weight excluding hydrogens is 312 g/mol. The van der Waals surface area contributed by atoms with Crippen LogP contribution in [0.3, 0.4) is 0 Å². The first-order chi connectivity index (χ1) is 12.2. The fourth-order valence-corrected chi connectivity index (χ4v) is 2.79.